The first-order valence-electron chi connectivity index (χ1n) is 6.05. The summed E-state index contributed by atoms with van der Waals surface area (Å²) in [5.74, 6) is -0.100. The Morgan fingerprint density at radius 2 is 2.22 bits per heavy atom. The van der Waals surface area contributed by atoms with Crippen LogP contribution in [0.1, 0.15) is 25.6 Å². The Bertz CT molecular complexity index is 466. The minimum atomic E-state index is -0.385. The Labute approximate surface area is 106 Å². The van der Waals surface area contributed by atoms with Crippen molar-refractivity contribution in [1.82, 2.24) is 19.8 Å². The molecule has 0 saturated carbocycles. The second kappa shape index (κ2) is 4.80. The third kappa shape index (κ3) is 2.10. The summed E-state index contributed by atoms with van der Waals surface area (Å²) in [7, 11) is 1.60. The van der Waals surface area contributed by atoms with Gasteiger partial charge < -0.3 is 14.8 Å². The van der Waals surface area contributed by atoms with E-state index in [1.54, 1.807) is 24.5 Å². The molecule has 1 aliphatic rings. The molecule has 1 aromatic heterocycles. The maximum Gasteiger partial charge on any atom is 0.244 e. The van der Waals surface area contributed by atoms with E-state index in [-0.39, 0.29) is 23.8 Å². The minimum absolute atomic E-state index is 0.0650. The van der Waals surface area contributed by atoms with Gasteiger partial charge >= 0.3 is 0 Å². The smallest absolute Gasteiger partial charge is 0.244 e. The lowest BCUT2D eigenvalue weighted by atomic mass is 10.1. The molecule has 2 rings (SSSR count). The molecule has 2 amide bonds. The van der Waals surface area contributed by atoms with Crippen LogP contribution < -0.4 is 5.32 Å². The predicted octanol–water partition coefficient (Wildman–Crippen LogP) is 0.168. The van der Waals surface area contributed by atoms with Gasteiger partial charge in [0.2, 0.25) is 11.8 Å². The highest BCUT2D eigenvalue weighted by atomic mass is 16.2. The van der Waals surface area contributed by atoms with E-state index < -0.39 is 0 Å². The van der Waals surface area contributed by atoms with Crippen LogP contribution in [-0.2, 0) is 16.1 Å². The second-order valence-corrected chi connectivity index (χ2v) is 4.80. The molecule has 0 unspecified atom stereocenters. The van der Waals surface area contributed by atoms with Gasteiger partial charge in [-0.2, -0.15) is 0 Å². The summed E-state index contributed by atoms with van der Waals surface area (Å²) in [5.41, 5.74) is 0.892. The van der Waals surface area contributed by atoms with Gasteiger partial charge in [0.25, 0.3) is 0 Å². The summed E-state index contributed by atoms with van der Waals surface area (Å²) in [6, 6.07) is -0.385. The molecular formula is C12H18N4O2. The zero-order valence-corrected chi connectivity index (χ0v) is 10.9. The number of likely N-dealkylation sites (N-methyl/N-ethyl adjacent to an activating group) is 1. The van der Waals surface area contributed by atoms with Gasteiger partial charge in [0.15, 0.2) is 0 Å². The van der Waals surface area contributed by atoms with Crippen LogP contribution in [0.3, 0.4) is 0 Å². The maximum absolute atomic E-state index is 12.1. The number of aromatic nitrogens is 2. The van der Waals surface area contributed by atoms with E-state index in [4.69, 9.17) is 0 Å². The summed E-state index contributed by atoms with van der Waals surface area (Å²) in [6.45, 7) is 4.65. The molecule has 0 bridgehead atoms. The molecule has 0 aromatic carbocycles. The van der Waals surface area contributed by atoms with E-state index in [1.165, 1.54) is 0 Å². The van der Waals surface area contributed by atoms with Gasteiger partial charge in [-0.3, -0.25) is 9.59 Å². The van der Waals surface area contributed by atoms with Crippen LogP contribution in [0, 0.1) is 5.92 Å². The quantitative estimate of drug-likeness (QED) is 0.813. The highest BCUT2D eigenvalue weighted by Crippen LogP contribution is 2.22. The van der Waals surface area contributed by atoms with Crippen LogP contribution in [0.15, 0.2) is 12.5 Å². The predicted molar refractivity (Wildman–Crippen MR) is 65.6 cm³/mol. The number of nitrogens with zero attached hydrogens (tertiary/aromatic N) is 3. The third-order valence-electron chi connectivity index (χ3n) is 3.18. The zero-order valence-electron chi connectivity index (χ0n) is 10.9. The summed E-state index contributed by atoms with van der Waals surface area (Å²) in [4.78, 5) is 29.7. The van der Waals surface area contributed by atoms with Crippen molar-refractivity contribution >= 4 is 11.8 Å². The number of fused-ring (bicyclic) bond motifs is 1. The van der Waals surface area contributed by atoms with Crippen LogP contribution in [0.25, 0.3) is 0 Å². The third-order valence-corrected chi connectivity index (χ3v) is 3.18. The highest BCUT2D eigenvalue weighted by Gasteiger charge is 2.32. The summed E-state index contributed by atoms with van der Waals surface area (Å²) in [5, 5.41) is 2.63. The van der Waals surface area contributed by atoms with Crippen molar-refractivity contribution in [3.8, 4) is 0 Å². The van der Waals surface area contributed by atoms with Crippen molar-refractivity contribution in [2.24, 2.45) is 5.92 Å². The molecule has 18 heavy (non-hydrogen) atoms. The number of hydrogen-bond donors (Lipinski definition) is 1. The monoisotopic (exact) mass is 250 g/mol. The first kappa shape index (κ1) is 12.6. The molecule has 1 aliphatic heterocycles. The van der Waals surface area contributed by atoms with Gasteiger partial charge in [0.1, 0.15) is 6.04 Å². The van der Waals surface area contributed by atoms with E-state index in [1.807, 2.05) is 18.4 Å². The van der Waals surface area contributed by atoms with Crippen LogP contribution >= 0.6 is 0 Å². The molecule has 6 nitrogen and oxygen atoms in total. The maximum atomic E-state index is 12.1. The lowest BCUT2D eigenvalue weighted by Crippen LogP contribution is -2.47. The lowest BCUT2D eigenvalue weighted by Gasteiger charge is -2.34. The molecular weight excluding hydrogens is 232 g/mol. The summed E-state index contributed by atoms with van der Waals surface area (Å²) >= 11 is 0. The Hall–Kier alpha value is -1.85. The standard InChI is InChI=1S/C12H18N4O2/c1-8(2)12(18)15-5-9-4-14-7-16(9)10(6-15)11(17)13-3/h4,7-8,10H,5-6H2,1-3H3,(H,13,17)/t10-/m1/s1. The SMILES string of the molecule is CNC(=O)[C@H]1CN(C(=O)C(C)C)Cc2cncn21. The van der Waals surface area contributed by atoms with Gasteiger partial charge in [0, 0.05) is 19.2 Å². The van der Waals surface area contributed by atoms with E-state index in [2.05, 4.69) is 10.3 Å². The number of carbonyl (C=O) groups excluding carboxylic acids is 2. The largest absolute Gasteiger partial charge is 0.357 e. The van der Waals surface area contributed by atoms with Gasteiger partial charge in [-0.1, -0.05) is 13.8 Å². The number of rotatable bonds is 2. The van der Waals surface area contributed by atoms with E-state index in [0.29, 0.717) is 13.1 Å². The first-order valence-corrected chi connectivity index (χ1v) is 6.05. The lowest BCUT2D eigenvalue weighted by molar-refractivity contribution is -0.138. The van der Waals surface area contributed by atoms with Crippen LogP contribution in [0.5, 0.6) is 0 Å². The van der Waals surface area contributed by atoms with Crippen molar-refractivity contribution in [1.29, 1.82) is 0 Å². The number of nitrogens with one attached hydrogen (secondary N) is 1. The molecule has 1 N–H and O–H groups in total. The van der Waals surface area contributed by atoms with Crippen LogP contribution in [0.4, 0.5) is 0 Å². The molecule has 2 heterocycles. The molecule has 6 heteroatoms. The zero-order chi connectivity index (χ0) is 13.3. The van der Waals surface area contributed by atoms with E-state index in [0.717, 1.165) is 5.69 Å². The van der Waals surface area contributed by atoms with Crippen molar-refractivity contribution in [2.75, 3.05) is 13.6 Å². The molecule has 0 aliphatic carbocycles. The van der Waals surface area contributed by atoms with Gasteiger partial charge in [-0.25, -0.2) is 4.98 Å². The second-order valence-electron chi connectivity index (χ2n) is 4.80. The highest BCUT2D eigenvalue weighted by molar-refractivity contribution is 5.83. The first-order chi connectivity index (χ1) is 8.54. The Kier molecular flexibility index (Phi) is 3.36. The summed E-state index contributed by atoms with van der Waals surface area (Å²) < 4.78 is 1.84. The molecule has 98 valence electrons. The average Bonchev–Trinajstić information content (AvgIpc) is 2.83. The van der Waals surface area contributed by atoms with Gasteiger partial charge in [0.05, 0.1) is 25.1 Å². The molecule has 0 saturated heterocycles. The number of amides is 2. The fourth-order valence-corrected chi connectivity index (χ4v) is 2.20. The minimum Gasteiger partial charge on any atom is -0.357 e. The molecule has 1 aromatic rings. The van der Waals surface area contributed by atoms with Crippen molar-refractivity contribution in [3.05, 3.63) is 18.2 Å². The van der Waals surface area contributed by atoms with Crippen molar-refractivity contribution in [2.45, 2.75) is 26.4 Å². The fraction of sp³-hybridized carbons (Fsp3) is 0.583. The fourth-order valence-electron chi connectivity index (χ4n) is 2.20. The van der Waals surface area contributed by atoms with E-state index >= 15 is 0 Å². The summed E-state index contributed by atoms with van der Waals surface area (Å²) in [6.07, 6.45) is 3.35. The Morgan fingerprint density at radius 1 is 1.50 bits per heavy atom. The normalized spacial score (nSPS) is 18.7. The number of hydrogen-bond acceptors (Lipinski definition) is 3. The number of carbonyl (C=O) groups is 2. The van der Waals surface area contributed by atoms with Crippen molar-refractivity contribution in [3.63, 3.8) is 0 Å². The number of imidazole rings is 1. The molecule has 0 fully saturated rings. The van der Waals surface area contributed by atoms with Gasteiger partial charge in [-0.05, 0) is 0 Å². The van der Waals surface area contributed by atoms with Crippen molar-refractivity contribution < 1.29 is 9.59 Å². The molecule has 0 spiro atoms. The Morgan fingerprint density at radius 3 is 2.83 bits per heavy atom. The average molecular weight is 250 g/mol. The van der Waals surface area contributed by atoms with E-state index in [9.17, 15) is 9.59 Å². The van der Waals surface area contributed by atoms with Crippen LogP contribution in [-0.4, -0.2) is 39.9 Å². The van der Waals surface area contributed by atoms with Gasteiger partial charge in [-0.15, -0.1) is 0 Å². The molecule has 0 radical (unpaired) electrons. The topological polar surface area (TPSA) is 67.2 Å². The molecule has 1 atom stereocenters. The van der Waals surface area contributed by atoms with Crippen LogP contribution in [0.2, 0.25) is 0 Å². The Balaban J connectivity index is 2.28.